The highest BCUT2D eigenvalue weighted by molar-refractivity contribution is 5.93. The van der Waals surface area contributed by atoms with Crippen LogP contribution >= 0.6 is 0 Å². The Hall–Kier alpha value is -2.10. The second-order valence-corrected chi connectivity index (χ2v) is 5.71. The number of amides is 1. The molecule has 1 aromatic heterocycles. The molecule has 21 heavy (non-hydrogen) atoms. The number of carbonyl (C=O) groups is 1. The third-order valence-corrected chi connectivity index (χ3v) is 4.11. The molecule has 1 N–H and O–H groups in total. The Labute approximate surface area is 125 Å². The Balaban J connectivity index is 1.95. The van der Waals surface area contributed by atoms with Crippen molar-refractivity contribution in [1.82, 2.24) is 9.78 Å². The van der Waals surface area contributed by atoms with Crippen molar-refractivity contribution in [3.05, 3.63) is 47.2 Å². The molecule has 2 aromatic rings. The summed E-state index contributed by atoms with van der Waals surface area (Å²) < 4.78 is 2.02. The van der Waals surface area contributed by atoms with Crippen LogP contribution < -0.4 is 5.32 Å². The number of rotatable bonds is 4. The van der Waals surface area contributed by atoms with Gasteiger partial charge in [-0.05, 0) is 25.3 Å². The first kappa shape index (κ1) is 13.9. The number of hydrogen-bond donors (Lipinski definition) is 1. The third-order valence-electron chi connectivity index (χ3n) is 4.11. The van der Waals surface area contributed by atoms with Gasteiger partial charge in [0.05, 0.1) is 0 Å². The highest BCUT2D eigenvalue weighted by Gasteiger charge is 2.30. The number of aryl methyl sites for hydroxylation is 1. The SMILES string of the molecule is CCCn1nc2c(c1C)[C@@H](Cc1ccccc1)CC(=O)N2. The summed E-state index contributed by atoms with van der Waals surface area (Å²) in [5.74, 6) is 1.06. The van der Waals surface area contributed by atoms with Crippen LogP contribution in [0.5, 0.6) is 0 Å². The zero-order chi connectivity index (χ0) is 14.8. The van der Waals surface area contributed by atoms with Gasteiger partial charge in [0.2, 0.25) is 5.91 Å². The number of hydrogen-bond acceptors (Lipinski definition) is 2. The quantitative estimate of drug-likeness (QED) is 0.936. The molecular weight excluding hydrogens is 262 g/mol. The average molecular weight is 283 g/mol. The summed E-state index contributed by atoms with van der Waals surface area (Å²) >= 11 is 0. The van der Waals surface area contributed by atoms with Crippen molar-refractivity contribution in [2.24, 2.45) is 0 Å². The summed E-state index contributed by atoms with van der Waals surface area (Å²) in [6.07, 6.45) is 2.47. The molecule has 0 spiro atoms. The van der Waals surface area contributed by atoms with E-state index in [0.717, 1.165) is 25.2 Å². The van der Waals surface area contributed by atoms with Crippen LogP contribution in [0.2, 0.25) is 0 Å². The van der Waals surface area contributed by atoms with E-state index in [2.05, 4.69) is 36.4 Å². The average Bonchev–Trinajstić information content (AvgIpc) is 2.77. The molecule has 1 atom stereocenters. The summed E-state index contributed by atoms with van der Waals surface area (Å²) in [5.41, 5.74) is 3.67. The summed E-state index contributed by atoms with van der Waals surface area (Å²) in [6, 6.07) is 10.4. The van der Waals surface area contributed by atoms with Crippen molar-refractivity contribution in [2.75, 3.05) is 5.32 Å². The molecule has 3 rings (SSSR count). The van der Waals surface area contributed by atoms with Gasteiger partial charge in [-0.25, -0.2) is 0 Å². The maximum atomic E-state index is 11.9. The Morgan fingerprint density at radius 3 is 2.81 bits per heavy atom. The van der Waals surface area contributed by atoms with Crippen molar-refractivity contribution in [3.63, 3.8) is 0 Å². The smallest absolute Gasteiger partial charge is 0.226 e. The molecule has 0 radical (unpaired) electrons. The number of aromatic nitrogens is 2. The maximum Gasteiger partial charge on any atom is 0.226 e. The van der Waals surface area contributed by atoms with Crippen LogP contribution in [0.1, 0.15) is 42.5 Å². The molecule has 1 amide bonds. The number of carbonyl (C=O) groups excluding carboxylic acids is 1. The van der Waals surface area contributed by atoms with Gasteiger partial charge in [0.15, 0.2) is 5.82 Å². The third kappa shape index (κ3) is 2.71. The molecule has 0 saturated heterocycles. The monoisotopic (exact) mass is 283 g/mol. The van der Waals surface area contributed by atoms with Gasteiger partial charge in [-0.15, -0.1) is 0 Å². The van der Waals surface area contributed by atoms with Crippen molar-refractivity contribution in [1.29, 1.82) is 0 Å². The number of anilines is 1. The minimum atomic E-state index is 0.0737. The number of benzene rings is 1. The summed E-state index contributed by atoms with van der Waals surface area (Å²) in [5, 5.41) is 7.49. The molecule has 0 unspecified atom stereocenters. The minimum absolute atomic E-state index is 0.0737. The first-order valence-corrected chi connectivity index (χ1v) is 7.60. The zero-order valence-corrected chi connectivity index (χ0v) is 12.6. The minimum Gasteiger partial charge on any atom is -0.309 e. The highest BCUT2D eigenvalue weighted by atomic mass is 16.1. The lowest BCUT2D eigenvalue weighted by Gasteiger charge is -2.22. The van der Waals surface area contributed by atoms with Gasteiger partial charge in [0.25, 0.3) is 0 Å². The van der Waals surface area contributed by atoms with Gasteiger partial charge in [0.1, 0.15) is 0 Å². The van der Waals surface area contributed by atoms with Gasteiger partial charge in [0, 0.05) is 30.1 Å². The molecule has 1 aliphatic heterocycles. The zero-order valence-electron chi connectivity index (χ0n) is 12.6. The molecular formula is C17H21N3O. The van der Waals surface area contributed by atoms with E-state index < -0.39 is 0 Å². The molecule has 0 fully saturated rings. The Kier molecular flexibility index (Phi) is 3.78. The lowest BCUT2D eigenvalue weighted by atomic mass is 9.86. The first-order chi connectivity index (χ1) is 10.2. The molecule has 110 valence electrons. The second kappa shape index (κ2) is 5.72. The van der Waals surface area contributed by atoms with Crippen LogP contribution in [0.3, 0.4) is 0 Å². The summed E-state index contributed by atoms with van der Waals surface area (Å²) in [6.45, 7) is 5.14. The Bertz CT molecular complexity index is 646. The standard InChI is InChI=1S/C17H21N3O/c1-3-9-20-12(2)16-14(10-13-7-5-4-6-8-13)11-15(21)18-17(16)19-20/h4-8,14H,3,9-11H2,1-2H3,(H,18,19,21)/t14-/m0/s1. The van der Waals surface area contributed by atoms with Gasteiger partial charge in [-0.1, -0.05) is 37.3 Å². The number of nitrogens with zero attached hydrogens (tertiary/aromatic N) is 2. The van der Waals surface area contributed by atoms with E-state index in [1.807, 2.05) is 22.9 Å². The largest absolute Gasteiger partial charge is 0.309 e. The molecule has 1 aromatic carbocycles. The van der Waals surface area contributed by atoms with Crippen LogP contribution in [0.25, 0.3) is 0 Å². The Morgan fingerprint density at radius 1 is 1.33 bits per heavy atom. The van der Waals surface area contributed by atoms with Crippen LogP contribution in [-0.4, -0.2) is 15.7 Å². The molecule has 0 saturated carbocycles. The lowest BCUT2D eigenvalue weighted by Crippen LogP contribution is -2.24. The van der Waals surface area contributed by atoms with Crippen LogP contribution in [0.15, 0.2) is 30.3 Å². The number of nitrogens with one attached hydrogen (secondary N) is 1. The van der Waals surface area contributed by atoms with Crippen molar-refractivity contribution >= 4 is 11.7 Å². The summed E-state index contributed by atoms with van der Waals surface area (Å²) in [7, 11) is 0. The fraction of sp³-hybridized carbons (Fsp3) is 0.412. The highest BCUT2D eigenvalue weighted by Crippen LogP contribution is 2.36. The van der Waals surface area contributed by atoms with Gasteiger partial charge in [-0.3, -0.25) is 9.48 Å². The fourth-order valence-electron chi connectivity index (χ4n) is 3.15. The molecule has 0 bridgehead atoms. The van der Waals surface area contributed by atoms with E-state index >= 15 is 0 Å². The van der Waals surface area contributed by atoms with Crippen molar-refractivity contribution < 1.29 is 4.79 Å². The van der Waals surface area contributed by atoms with Crippen LogP contribution in [0.4, 0.5) is 5.82 Å². The van der Waals surface area contributed by atoms with E-state index in [-0.39, 0.29) is 11.8 Å². The molecule has 2 heterocycles. The molecule has 4 heteroatoms. The predicted molar refractivity (Wildman–Crippen MR) is 83.4 cm³/mol. The van der Waals surface area contributed by atoms with Gasteiger partial charge in [-0.2, -0.15) is 5.10 Å². The summed E-state index contributed by atoms with van der Waals surface area (Å²) in [4.78, 5) is 11.9. The van der Waals surface area contributed by atoms with Crippen molar-refractivity contribution in [2.45, 2.75) is 45.6 Å². The second-order valence-electron chi connectivity index (χ2n) is 5.71. The number of fused-ring (bicyclic) bond motifs is 1. The molecule has 0 aliphatic carbocycles. The van der Waals surface area contributed by atoms with E-state index in [0.29, 0.717) is 6.42 Å². The molecule has 1 aliphatic rings. The van der Waals surface area contributed by atoms with E-state index in [9.17, 15) is 4.79 Å². The van der Waals surface area contributed by atoms with Gasteiger partial charge < -0.3 is 5.32 Å². The normalized spacial score (nSPS) is 17.4. The van der Waals surface area contributed by atoms with E-state index in [1.165, 1.54) is 16.8 Å². The van der Waals surface area contributed by atoms with Crippen molar-refractivity contribution in [3.8, 4) is 0 Å². The van der Waals surface area contributed by atoms with Crippen LogP contribution in [-0.2, 0) is 17.8 Å². The molecule has 4 nitrogen and oxygen atoms in total. The Morgan fingerprint density at radius 2 is 2.10 bits per heavy atom. The lowest BCUT2D eigenvalue weighted by molar-refractivity contribution is -0.116. The van der Waals surface area contributed by atoms with E-state index in [1.54, 1.807) is 0 Å². The first-order valence-electron chi connectivity index (χ1n) is 7.60. The predicted octanol–water partition coefficient (Wildman–Crippen LogP) is 3.27. The fourth-order valence-corrected chi connectivity index (χ4v) is 3.15. The van der Waals surface area contributed by atoms with Gasteiger partial charge >= 0.3 is 0 Å². The maximum absolute atomic E-state index is 11.9. The topological polar surface area (TPSA) is 46.9 Å². The van der Waals surface area contributed by atoms with Crippen LogP contribution in [0, 0.1) is 6.92 Å². The van der Waals surface area contributed by atoms with E-state index in [4.69, 9.17) is 0 Å².